The predicted molar refractivity (Wildman–Crippen MR) is 64.7 cm³/mol. The fourth-order valence-electron chi connectivity index (χ4n) is 2.66. The number of carboxylic acids is 1. The van der Waals surface area contributed by atoms with Crippen LogP contribution >= 0.6 is 0 Å². The lowest BCUT2D eigenvalue weighted by molar-refractivity contribution is -0.152. The smallest absolute Gasteiger partial charge is 0.309 e. The molecule has 3 nitrogen and oxygen atoms in total. The molecule has 2 rings (SSSR count). The molecule has 0 bridgehead atoms. The second-order valence-corrected chi connectivity index (χ2v) is 4.85. The van der Waals surface area contributed by atoms with E-state index in [4.69, 9.17) is 5.11 Å². The largest absolute Gasteiger partial charge is 0.481 e. The number of hydrogen-bond acceptors (Lipinski definition) is 2. The zero-order valence-electron chi connectivity index (χ0n) is 10.0. The van der Waals surface area contributed by atoms with Crippen LogP contribution in [0.25, 0.3) is 0 Å². The van der Waals surface area contributed by atoms with Gasteiger partial charge < -0.3 is 10.2 Å². The Morgan fingerprint density at radius 2 is 2.06 bits per heavy atom. The molecule has 0 amide bonds. The molecule has 0 heterocycles. The van der Waals surface area contributed by atoms with Crippen molar-refractivity contribution in [3.8, 4) is 0 Å². The van der Waals surface area contributed by atoms with Crippen LogP contribution in [0.2, 0.25) is 0 Å². The minimum absolute atomic E-state index is 0.525. The third kappa shape index (κ3) is 2.07. The van der Waals surface area contributed by atoms with Crippen molar-refractivity contribution in [3.63, 3.8) is 0 Å². The number of aliphatic hydroxyl groups is 1. The van der Waals surface area contributed by atoms with Gasteiger partial charge in [0.25, 0.3) is 0 Å². The van der Waals surface area contributed by atoms with Crippen LogP contribution in [0.4, 0.5) is 0 Å². The molecular weight excluding hydrogens is 216 g/mol. The van der Waals surface area contributed by atoms with E-state index in [1.807, 2.05) is 24.3 Å². The number of hydrogen-bond donors (Lipinski definition) is 2. The van der Waals surface area contributed by atoms with Gasteiger partial charge in [0, 0.05) is 0 Å². The van der Waals surface area contributed by atoms with Gasteiger partial charge in [-0.15, -0.1) is 0 Å². The number of aryl methyl sites for hydroxylation is 1. The van der Waals surface area contributed by atoms with E-state index in [0.717, 1.165) is 30.4 Å². The Morgan fingerprint density at radius 3 is 2.76 bits per heavy atom. The Bertz CT molecular complexity index is 427. The number of fused-ring (bicyclic) bond motifs is 1. The molecule has 2 N–H and O–H groups in total. The van der Waals surface area contributed by atoms with Crippen molar-refractivity contribution in [3.05, 3.63) is 35.4 Å². The van der Waals surface area contributed by atoms with Gasteiger partial charge in [-0.1, -0.05) is 24.3 Å². The van der Waals surface area contributed by atoms with E-state index >= 15 is 0 Å². The van der Waals surface area contributed by atoms with Crippen molar-refractivity contribution in [1.29, 1.82) is 0 Å². The first-order chi connectivity index (χ1) is 8.05. The number of carbonyl (C=O) groups is 1. The van der Waals surface area contributed by atoms with Crippen molar-refractivity contribution in [2.45, 2.75) is 38.2 Å². The van der Waals surface area contributed by atoms with Gasteiger partial charge in [-0.3, -0.25) is 4.79 Å². The highest BCUT2D eigenvalue weighted by Gasteiger charge is 2.41. The minimum Gasteiger partial charge on any atom is -0.481 e. The van der Waals surface area contributed by atoms with Crippen LogP contribution in [0.15, 0.2) is 24.3 Å². The molecule has 3 heteroatoms. The Labute approximate surface area is 101 Å². The summed E-state index contributed by atoms with van der Waals surface area (Å²) < 4.78 is 0. The molecule has 1 aliphatic rings. The van der Waals surface area contributed by atoms with Crippen LogP contribution in [0, 0.1) is 5.92 Å². The maximum absolute atomic E-state index is 11.2. The van der Waals surface area contributed by atoms with Crippen molar-refractivity contribution in [1.82, 2.24) is 0 Å². The Morgan fingerprint density at radius 1 is 1.35 bits per heavy atom. The molecule has 92 valence electrons. The van der Waals surface area contributed by atoms with Gasteiger partial charge >= 0.3 is 5.97 Å². The van der Waals surface area contributed by atoms with Gasteiger partial charge in [-0.05, 0) is 43.7 Å². The molecule has 0 aromatic heterocycles. The van der Waals surface area contributed by atoms with E-state index in [9.17, 15) is 9.90 Å². The van der Waals surface area contributed by atoms with Crippen LogP contribution in [0.1, 0.15) is 37.3 Å². The summed E-state index contributed by atoms with van der Waals surface area (Å²) in [6, 6.07) is 7.65. The average molecular weight is 234 g/mol. The molecule has 1 aromatic rings. The van der Waals surface area contributed by atoms with Crippen LogP contribution in [0.3, 0.4) is 0 Å². The van der Waals surface area contributed by atoms with Crippen LogP contribution < -0.4 is 0 Å². The van der Waals surface area contributed by atoms with Gasteiger partial charge in [0.05, 0.1) is 5.92 Å². The highest BCUT2D eigenvalue weighted by atomic mass is 16.4. The summed E-state index contributed by atoms with van der Waals surface area (Å²) in [6.07, 6.45) is 3.32. The van der Waals surface area contributed by atoms with Crippen LogP contribution in [-0.4, -0.2) is 16.2 Å². The predicted octanol–water partition coefficient (Wildman–Crippen LogP) is 2.32. The van der Waals surface area contributed by atoms with Crippen molar-refractivity contribution in [2.24, 2.45) is 5.92 Å². The average Bonchev–Trinajstić information content (AvgIpc) is 2.49. The number of benzene rings is 1. The first-order valence-corrected chi connectivity index (χ1v) is 6.09. The molecule has 0 saturated heterocycles. The minimum atomic E-state index is -1.22. The molecule has 17 heavy (non-hydrogen) atoms. The lowest BCUT2D eigenvalue weighted by Crippen LogP contribution is -2.38. The standard InChI is InChI=1S/C14H18O3/c1-10(13(15)16)14(17)9-5-4-7-11-6-2-3-8-12(11)14/h2-3,6,8,10,17H,4-5,7,9H2,1H3,(H,15,16). The molecule has 1 aromatic carbocycles. The summed E-state index contributed by atoms with van der Waals surface area (Å²) in [6.45, 7) is 1.59. The summed E-state index contributed by atoms with van der Waals surface area (Å²) in [5.41, 5.74) is 0.659. The van der Waals surface area contributed by atoms with Gasteiger partial charge in [0.2, 0.25) is 0 Å². The fraction of sp³-hybridized carbons (Fsp3) is 0.500. The Hall–Kier alpha value is -1.35. The Kier molecular flexibility index (Phi) is 3.20. The van der Waals surface area contributed by atoms with E-state index < -0.39 is 17.5 Å². The molecular formula is C14H18O3. The lowest BCUT2D eigenvalue weighted by Gasteiger charge is -2.32. The van der Waals surface area contributed by atoms with Gasteiger partial charge in [0.15, 0.2) is 0 Å². The molecule has 1 aliphatic carbocycles. The van der Waals surface area contributed by atoms with Gasteiger partial charge in [-0.2, -0.15) is 0 Å². The zero-order valence-corrected chi connectivity index (χ0v) is 10.0. The first-order valence-electron chi connectivity index (χ1n) is 6.09. The summed E-state index contributed by atoms with van der Waals surface area (Å²) >= 11 is 0. The topological polar surface area (TPSA) is 57.5 Å². The van der Waals surface area contributed by atoms with Crippen LogP contribution in [-0.2, 0) is 16.8 Å². The molecule has 0 spiro atoms. The van der Waals surface area contributed by atoms with Crippen molar-refractivity contribution >= 4 is 5.97 Å². The van der Waals surface area contributed by atoms with Crippen molar-refractivity contribution in [2.75, 3.05) is 0 Å². The highest BCUT2D eigenvalue weighted by molar-refractivity contribution is 5.71. The quantitative estimate of drug-likeness (QED) is 0.772. The van der Waals surface area contributed by atoms with Crippen molar-refractivity contribution < 1.29 is 15.0 Å². The molecule has 0 aliphatic heterocycles. The molecule has 2 atom stereocenters. The SMILES string of the molecule is CC(C(=O)O)C1(O)CCCCc2ccccc21. The summed E-state index contributed by atoms with van der Waals surface area (Å²) in [5, 5.41) is 19.9. The van der Waals surface area contributed by atoms with E-state index in [1.54, 1.807) is 6.92 Å². The normalized spacial score (nSPS) is 25.8. The molecule has 0 saturated carbocycles. The third-order valence-electron chi connectivity index (χ3n) is 3.82. The molecule has 0 fully saturated rings. The maximum atomic E-state index is 11.2. The van der Waals surface area contributed by atoms with E-state index in [1.165, 1.54) is 0 Å². The summed E-state index contributed by atoms with van der Waals surface area (Å²) in [7, 11) is 0. The van der Waals surface area contributed by atoms with Gasteiger partial charge in [-0.25, -0.2) is 0 Å². The highest BCUT2D eigenvalue weighted by Crippen LogP contribution is 2.39. The Balaban J connectivity index is 2.50. The second kappa shape index (κ2) is 4.49. The lowest BCUT2D eigenvalue weighted by atomic mass is 9.78. The van der Waals surface area contributed by atoms with Crippen LogP contribution in [0.5, 0.6) is 0 Å². The number of carboxylic acid groups (broad SMARTS) is 1. The summed E-state index contributed by atoms with van der Waals surface area (Å²) in [5.74, 6) is -1.72. The first kappa shape index (κ1) is 12.1. The van der Waals surface area contributed by atoms with Gasteiger partial charge in [0.1, 0.15) is 5.60 Å². The molecule has 0 radical (unpaired) electrons. The zero-order chi connectivity index (χ0) is 12.5. The summed E-state index contributed by atoms with van der Waals surface area (Å²) in [4.78, 5) is 11.2. The third-order valence-corrected chi connectivity index (χ3v) is 3.82. The number of rotatable bonds is 2. The monoisotopic (exact) mass is 234 g/mol. The maximum Gasteiger partial charge on any atom is 0.309 e. The van der Waals surface area contributed by atoms with E-state index in [0.29, 0.717) is 6.42 Å². The fourth-order valence-corrected chi connectivity index (χ4v) is 2.66. The second-order valence-electron chi connectivity index (χ2n) is 4.85. The number of aliphatic carboxylic acids is 1. The molecule has 2 unspecified atom stereocenters. The van der Waals surface area contributed by atoms with E-state index in [-0.39, 0.29) is 0 Å². The van der Waals surface area contributed by atoms with E-state index in [2.05, 4.69) is 0 Å².